The molecule has 0 aromatic heterocycles. The molecule has 0 fully saturated rings. The van der Waals surface area contributed by atoms with Crippen molar-refractivity contribution >= 4 is 24.5 Å². The zero-order valence-corrected chi connectivity index (χ0v) is 7.93. The molecule has 64 valence electrons. The van der Waals surface area contributed by atoms with Crippen LogP contribution in [0.15, 0.2) is 60.7 Å². The van der Waals surface area contributed by atoms with Gasteiger partial charge in [0.1, 0.15) is 0 Å². The van der Waals surface area contributed by atoms with Crippen LogP contribution in [0.5, 0.6) is 0 Å². The number of hydrogen-bond donors (Lipinski definition) is 0. The van der Waals surface area contributed by atoms with Crippen LogP contribution >= 0.6 is 0 Å². The predicted octanol–water partition coefficient (Wildman–Crippen LogP) is 0.961. The van der Waals surface area contributed by atoms with Gasteiger partial charge in [0.05, 0.1) is 0 Å². The van der Waals surface area contributed by atoms with Crippen molar-refractivity contribution < 1.29 is 0 Å². The molecule has 0 saturated carbocycles. The molecule has 2 rings (SSSR count). The first kappa shape index (κ1) is 9.14. The molecule has 0 aliphatic heterocycles. The molecule has 0 N–H and O–H groups in total. The average Bonchev–Trinajstić information content (AvgIpc) is 2.29. The number of benzene rings is 2. The summed E-state index contributed by atoms with van der Waals surface area (Å²) in [5.74, 6) is 0. The first-order valence-electron chi connectivity index (χ1n) is 4.73. The van der Waals surface area contributed by atoms with E-state index in [1.54, 1.807) is 0 Å². The van der Waals surface area contributed by atoms with Gasteiger partial charge < -0.3 is 0 Å². The molecule has 0 amide bonds. The third kappa shape index (κ3) is 2.53. The predicted molar refractivity (Wildman–Crippen MR) is 63.7 cm³/mol. The Bertz CT molecular complexity index is 365. The molecule has 0 spiro atoms. The Morgan fingerprint density at radius 2 is 0.857 bits per heavy atom. The van der Waals surface area contributed by atoms with Gasteiger partial charge in [0.2, 0.25) is 0 Å². The van der Waals surface area contributed by atoms with Crippen molar-refractivity contribution in [3.8, 4) is 0 Å². The van der Waals surface area contributed by atoms with Crippen LogP contribution in [0.1, 0.15) is 0 Å². The van der Waals surface area contributed by atoms with Crippen LogP contribution < -0.4 is 10.9 Å². The Morgan fingerprint density at radius 3 is 1.21 bits per heavy atom. The van der Waals surface area contributed by atoms with Gasteiger partial charge in [-0.25, -0.2) is 0 Å². The van der Waals surface area contributed by atoms with Crippen LogP contribution in [0.3, 0.4) is 0 Å². The van der Waals surface area contributed by atoms with Crippen molar-refractivity contribution in [1.29, 1.82) is 0 Å². The van der Waals surface area contributed by atoms with Crippen LogP contribution in [0.2, 0.25) is 0 Å². The third-order valence-corrected chi connectivity index (χ3v) is 2.07. The second kappa shape index (κ2) is 4.71. The standard InChI is InChI=1S/C12H10B2/c1-3-7-11(8-4-1)13-14-12-9-5-2-6-10-12/h1-10H. The molecule has 0 nitrogen and oxygen atoms in total. The van der Waals surface area contributed by atoms with Gasteiger partial charge in [-0.15, -0.1) is 0 Å². The molecule has 0 bridgehead atoms. The van der Waals surface area contributed by atoms with Crippen molar-refractivity contribution in [2.75, 3.05) is 0 Å². The van der Waals surface area contributed by atoms with E-state index in [9.17, 15) is 0 Å². The zero-order chi connectivity index (χ0) is 9.64. The van der Waals surface area contributed by atoms with Gasteiger partial charge >= 0.3 is 85.2 Å². The molecular formula is C12H10B2. The summed E-state index contributed by atoms with van der Waals surface area (Å²) in [6.45, 7) is 4.24. The maximum atomic E-state index is 2.12. The normalized spacial score (nSPS) is 9.43. The molecule has 0 atom stereocenters. The molecule has 0 aliphatic carbocycles. The first-order valence-corrected chi connectivity index (χ1v) is 4.73. The maximum absolute atomic E-state index is 2.12. The molecule has 0 unspecified atom stereocenters. The summed E-state index contributed by atoms with van der Waals surface area (Å²) >= 11 is 0. The van der Waals surface area contributed by atoms with Gasteiger partial charge in [-0.3, -0.25) is 0 Å². The van der Waals surface area contributed by atoms with Crippen LogP contribution in [0.25, 0.3) is 0 Å². The van der Waals surface area contributed by atoms with E-state index in [4.69, 9.17) is 0 Å². The van der Waals surface area contributed by atoms with E-state index in [2.05, 4.69) is 37.9 Å². The van der Waals surface area contributed by atoms with Gasteiger partial charge in [0.15, 0.2) is 0 Å². The fourth-order valence-electron chi connectivity index (χ4n) is 1.32. The van der Waals surface area contributed by atoms with E-state index < -0.39 is 0 Å². The van der Waals surface area contributed by atoms with Gasteiger partial charge in [0, 0.05) is 0 Å². The SMILES string of the molecule is B(=Bc1ccccc1)c1ccccc1. The Kier molecular flexibility index (Phi) is 3.07. The van der Waals surface area contributed by atoms with Gasteiger partial charge in [-0.1, -0.05) is 0 Å². The average molecular weight is 176 g/mol. The van der Waals surface area contributed by atoms with E-state index >= 15 is 0 Å². The minimum atomic E-state index is 1.23. The Balaban J connectivity index is 2.16. The van der Waals surface area contributed by atoms with Crippen molar-refractivity contribution in [3.63, 3.8) is 0 Å². The van der Waals surface area contributed by atoms with Crippen LogP contribution in [0.4, 0.5) is 0 Å². The molecule has 2 heteroatoms. The van der Waals surface area contributed by atoms with Gasteiger partial charge in [-0.2, -0.15) is 0 Å². The molecule has 0 radical (unpaired) electrons. The van der Waals surface area contributed by atoms with E-state index in [0.717, 1.165) is 0 Å². The molecule has 2 aromatic rings. The summed E-state index contributed by atoms with van der Waals surface area (Å²) in [6, 6.07) is 20.6. The van der Waals surface area contributed by atoms with E-state index in [1.807, 2.05) is 36.4 Å². The summed E-state index contributed by atoms with van der Waals surface area (Å²) in [7, 11) is 0. The molecule has 0 heterocycles. The second-order valence-corrected chi connectivity index (χ2v) is 3.15. The molecule has 14 heavy (non-hydrogen) atoms. The topological polar surface area (TPSA) is 0 Å². The van der Waals surface area contributed by atoms with Gasteiger partial charge in [0.25, 0.3) is 0 Å². The Labute approximate surface area is 85.7 Å². The van der Waals surface area contributed by atoms with Crippen molar-refractivity contribution in [2.24, 2.45) is 0 Å². The van der Waals surface area contributed by atoms with Gasteiger partial charge in [-0.05, 0) is 0 Å². The summed E-state index contributed by atoms with van der Waals surface area (Å²) in [6.07, 6.45) is 0. The summed E-state index contributed by atoms with van der Waals surface area (Å²) in [5, 5.41) is 0. The Morgan fingerprint density at radius 1 is 0.500 bits per heavy atom. The minimum absolute atomic E-state index is 1.23. The molecule has 0 aliphatic rings. The Hall–Kier alpha value is -1.43. The van der Waals surface area contributed by atoms with Crippen molar-refractivity contribution in [3.05, 3.63) is 60.7 Å². The van der Waals surface area contributed by atoms with Crippen LogP contribution in [0, 0.1) is 0 Å². The fourth-order valence-corrected chi connectivity index (χ4v) is 1.32. The zero-order valence-electron chi connectivity index (χ0n) is 7.93. The van der Waals surface area contributed by atoms with E-state index in [1.165, 1.54) is 10.9 Å². The third-order valence-electron chi connectivity index (χ3n) is 2.07. The summed E-state index contributed by atoms with van der Waals surface area (Å²) < 4.78 is 0. The summed E-state index contributed by atoms with van der Waals surface area (Å²) in [5.41, 5.74) is 2.47. The quantitative estimate of drug-likeness (QED) is 0.597. The van der Waals surface area contributed by atoms with Crippen molar-refractivity contribution in [1.82, 2.24) is 0 Å². The number of hydrogen-bond acceptors (Lipinski definition) is 0. The molecule has 0 saturated heterocycles. The van der Waals surface area contributed by atoms with E-state index in [-0.39, 0.29) is 0 Å². The summed E-state index contributed by atoms with van der Waals surface area (Å²) in [4.78, 5) is 0. The van der Waals surface area contributed by atoms with E-state index in [0.29, 0.717) is 0 Å². The number of rotatable bonds is 2. The van der Waals surface area contributed by atoms with Crippen LogP contribution in [-0.2, 0) is 0 Å². The van der Waals surface area contributed by atoms with Crippen LogP contribution in [-0.4, -0.2) is 13.6 Å². The molecular weight excluding hydrogens is 166 g/mol. The van der Waals surface area contributed by atoms with Crippen molar-refractivity contribution in [2.45, 2.75) is 0 Å². The monoisotopic (exact) mass is 176 g/mol. The molecule has 2 aromatic carbocycles. The first-order chi connectivity index (χ1) is 6.95. The second-order valence-electron chi connectivity index (χ2n) is 3.15. The fraction of sp³-hybridized carbons (Fsp3) is 0.